The van der Waals surface area contributed by atoms with Gasteiger partial charge in [-0.25, -0.2) is 4.98 Å². The number of imidazole rings is 1. The fraction of sp³-hybridized carbons (Fsp3) is 0.429. The van der Waals surface area contributed by atoms with Crippen LogP contribution in [0.25, 0.3) is 0 Å². The van der Waals surface area contributed by atoms with E-state index in [-0.39, 0.29) is 0 Å². The molecule has 0 aliphatic rings. The third-order valence-electron chi connectivity index (χ3n) is 1.32. The van der Waals surface area contributed by atoms with Gasteiger partial charge in [0.2, 0.25) is 0 Å². The van der Waals surface area contributed by atoms with Gasteiger partial charge >= 0.3 is 0 Å². The standard InChI is InChI=1S/C7H12N3/c1-3-4-10-5-7(8)9-6(10)2/h4-5H,3,8H2,1-2H3. The Morgan fingerprint density at radius 3 is 2.90 bits per heavy atom. The molecule has 1 aromatic rings. The van der Waals surface area contributed by atoms with Gasteiger partial charge in [-0.05, 0) is 13.3 Å². The van der Waals surface area contributed by atoms with Gasteiger partial charge in [0.25, 0.3) is 0 Å². The topological polar surface area (TPSA) is 43.8 Å². The third-order valence-corrected chi connectivity index (χ3v) is 1.32. The van der Waals surface area contributed by atoms with Gasteiger partial charge in [-0.1, -0.05) is 6.92 Å². The summed E-state index contributed by atoms with van der Waals surface area (Å²) in [7, 11) is 0. The molecule has 1 radical (unpaired) electrons. The van der Waals surface area contributed by atoms with Crippen LogP contribution in [0.2, 0.25) is 0 Å². The van der Waals surface area contributed by atoms with Crippen LogP contribution in [-0.2, 0) is 0 Å². The minimum absolute atomic E-state index is 0.585. The van der Waals surface area contributed by atoms with E-state index < -0.39 is 0 Å². The largest absolute Gasteiger partial charge is 0.382 e. The Morgan fingerprint density at radius 2 is 2.50 bits per heavy atom. The first-order valence-electron chi connectivity index (χ1n) is 3.38. The van der Waals surface area contributed by atoms with Crippen LogP contribution in [0, 0.1) is 13.5 Å². The maximum absolute atomic E-state index is 5.46. The van der Waals surface area contributed by atoms with Crippen LogP contribution in [0.3, 0.4) is 0 Å². The van der Waals surface area contributed by atoms with Crippen molar-refractivity contribution in [2.45, 2.75) is 20.3 Å². The van der Waals surface area contributed by atoms with E-state index in [1.54, 1.807) is 0 Å². The number of nitrogen functional groups attached to an aromatic ring is 1. The quantitative estimate of drug-likeness (QED) is 0.667. The Labute approximate surface area is 60.9 Å². The lowest BCUT2D eigenvalue weighted by Crippen LogP contribution is -1.93. The molecule has 0 aliphatic carbocycles. The summed E-state index contributed by atoms with van der Waals surface area (Å²) in [6.07, 6.45) is 2.81. The van der Waals surface area contributed by atoms with E-state index in [0.29, 0.717) is 5.82 Å². The third kappa shape index (κ3) is 1.29. The van der Waals surface area contributed by atoms with Crippen molar-refractivity contribution in [3.63, 3.8) is 0 Å². The van der Waals surface area contributed by atoms with E-state index in [2.05, 4.69) is 11.9 Å². The monoisotopic (exact) mass is 138 g/mol. The number of hydrogen-bond acceptors (Lipinski definition) is 2. The van der Waals surface area contributed by atoms with Crippen LogP contribution in [-0.4, -0.2) is 9.55 Å². The number of hydrogen-bond donors (Lipinski definition) is 1. The molecule has 3 heteroatoms. The molecular weight excluding hydrogens is 126 g/mol. The molecule has 10 heavy (non-hydrogen) atoms. The minimum Gasteiger partial charge on any atom is -0.382 e. The van der Waals surface area contributed by atoms with Crippen molar-refractivity contribution in [1.29, 1.82) is 0 Å². The van der Waals surface area contributed by atoms with Crippen molar-refractivity contribution in [3.8, 4) is 0 Å². The zero-order chi connectivity index (χ0) is 7.56. The summed E-state index contributed by atoms with van der Waals surface area (Å²) in [5, 5.41) is 0. The van der Waals surface area contributed by atoms with E-state index in [9.17, 15) is 0 Å². The predicted molar refractivity (Wildman–Crippen MR) is 41.4 cm³/mol. The summed E-state index contributed by atoms with van der Waals surface area (Å²) in [5.74, 6) is 1.53. The van der Waals surface area contributed by atoms with Crippen LogP contribution >= 0.6 is 0 Å². The second-order valence-corrected chi connectivity index (χ2v) is 2.21. The van der Waals surface area contributed by atoms with Gasteiger partial charge in [-0.3, -0.25) is 0 Å². The van der Waals surface area contributed by atoms with Gasteiger partial charge in [-0.2, -0.15) is 0 Å². The highest BCUT2D eigenvalue weighted by Crippen LogP contribution is 2.04. The molecule has 0 aromatic carbocycles. The molecule has 0 unspecified atom stereocenters. The SMILES string of the molecule is CC[CH]n1cc(N)nc1C. The van der Waals surface area contributed by atoms with E-state index in [0.717, 1.165) is 12.2 Å². The van der Waals surface area contributed by atoms with Crippen molar-refractivity contribution < 1.29 is 0 Å². The zero-order valence-electron chi connectivity index (χ0n) is 6.33. The molecule has 0 aliphatic heterocycles. The number of aryl methyl sites for hydroxylation is 1. The summed E-state index contributed by atoms with van der Waals surface area (Å²) in [6, 6.07) is 0. The summed E-state index contributed by atoms with van der Waals surface area (Å²) in [6.45, 7) is 6.05. The van der Waals surface area contributed by atoms with Crippen molar-refractivity contribution >= 4 is 5.82 Å². The zero-order valence-corrected chi connectivity index (χ0v) is 6.33. The molecule has 0 bridgehead atoms. The number of nitrogens with zero attached hydrogens (tertiary/aromatic N) is 2. The molecule has 0 saturated heterocycles. The van der Waals surface area contributed by atoms with Crippen LogP contribution in [0.15, 0.2) is 6.20 Å². The van der Waals surface area contributed by atoms with Gasteiger partial charge in [0.1, 0.15) is 11.6 Å². The summed E-state index contributed by atoms with van der Waals surface area (Å²) in [5.41, 5.74) is 5.46. The van der Waals surface area contributed by atoms with Crippen LogP contribution in [0.5, 0.6) is 0 Å². The van der Waals surface area contributed by atoms with Crippen LogP contribution in [0.4, 0.5) is 5.82 Å². The van der Waals surface area contributed by atoms with Gasteiger partial charge in [0.15, 0.2) is 0 Å². The normalized spacial score (nSPS) is 10.2. The van der Waals surface area contributed by atoms with Crippen molar-refractivity contribution in [1.82, 2.24) is 9.55 Å². The summed E-state index contributed by atoms with van der Waals surface area (Å²) >= 11 is 0. The smallest absolute Gasteiger partial charge is 0.141 e. The fourth-order valence-electron chi connectivity index (χ4n) is 0.891. The van der Waals surface area contributed by atoms with Crippen molar-refractivity contribution in [2.24, 2.45) is 0 Å². The number of rotatable bonds is 2. The Hall–Kier alpha value is -0.990. The average Bonchev–Trinajstić information content (AvgIpc) is 2.13. The Morgan fingerprint density at radius 1 is 1.80 bits per heavy atom. The Balaban J connectivity index is 2.81. The first-order valence-corrected chi connectivity index (χ1v) is 3.38. The van der Waals surface area contributed by atoms with E-state index >= 15 is 0 Å². The molecular formula is C7H12N3. The second kappa shape index (κ2) is 2.73. The minimum atomic E-state index is 0.585. The molecule has 2 N–H and O–H groups in total. The van der Waals surface area contributed by atoms with Gasteiger partial charge in [0.05, 0.1) is 6.54 Å². The first kappa shape index (κ1) is 7.12. The second-order valence-electron chi connectivity index (χ2n) is 2.21. The molecule has 0 amide bonds. The van der Waals surface area contributed by atoms with Crippen molar-refractivity contribution in [2.75, 3.05) is 5.73 Å². The molecule has 3 nitrogen and oxygen atoms in total. The average molecular weight is 138 g/mol. The lowest BCUT2D eigenvalue weighted by molar-refractivity contribution is 0.835. The number of anilines is 1. The maximum Gasteiger partial charge on any atom is 0.141 e. The van der Waals surface area contributed by atoms with Gasteiger partial charge in [0, 0.05) is 6.20 Å². The molecule has 1 aromatic heterocycles. The first-order chi connectivity index (χ1) is 4.74. The molecule has 0 spiro atoms. The number of aromatic nitrogens is 2. The highest BCUT2D eigenvalue weighted by Gasteiger charge is 1.97. The number of nitrogens with two attached hydrogens (primary N) is 1. The highest BCUT2D eigenvalue weighted by atomic mass is 15.1. The fourth-order valence-corrected chi connectivity index (χ4v) is 0.891. The van der Waals surface area contributed by atoms with E-state index in [1.165, 1.54) is 0 Å². The van der Waals surface area contributed by atoms with Gasteiger partial charge in [-0.15, -0.1) is 0 Å². The molecule has 0 atom stereocenters. The van der Waals surface area contributed by atoms with Crippen LogP contribution in [0.1, 0.15) is 19.2 Å². The molecule has 1 heterocycles. The van der Waals surface area contributed by atoms with E-state index in [4.69, 9.17) is 5.73 Å². The Kier molecular flexibility index (Phi) is 1.94. The predicted octanol–water partition coefficient (Wildman–Crippen LogP) is 1.19. The van der Waals surface area contributed by atoms with Crippen molar-refractivity contribution in [3.05, 3.63) is 18.6 Å². The van der Waals surface area contributed by atoms with E-state index in [1.807, 2.05) is 24.2 Å². The Bertz CT molecular complexity index is 215. The molecule has 1 rings (SSSR count). The highest BCUT2D eigenvalue weighted by molar-refractivity contribution is 5.26. The van der Waals surface area contributed by atoms with Gasteiger partial charge < -0.3 is 10.3 Å². The molecule has 0 saturated carbocycles. The summed E-state index contributed by atoms with van der Waals surface area (Å²) < 4.78 is 1.94. The molecule has 55 valence electrons. The molecule has 0 fully saturated rings. The lowest BCUT2D eigenvalue weighted by atomic mass is 10.5. The maximum atomic E-state index is 5.46. The van der Waals surface area contributed by atoms with Crippen LogP contribution < -0.4 is 5.73 Å². The lowest BCUT2D eigenvalue weighted by Gasteiger charge is -1.97. The summed E-state index contributed by atoms with van der Waals surface area (Å²) in [4.78, 5) is 4.04.